The van der Waals surface area contributed by atoms with Gasteiger partial charge in [0.15, 0.2) is 0 Å². The number of hydrogen-bond donors (Lipinski definition) is 1. The molecule has 1 unspecified atom stereocenters. The van der Waals surface area contributed by atoms with Crippen LogP contribution in [0, 0.1) is 4.91 Å². The predicted octanol–water partition coefficient (Wildman–Crippen LogP) is 1.53. The molecule has 17 heavy (non-hydrogen) atoms. The number of hydrogen-bond acceptors (Lipinski definition) is 3. The molecule has 0 aromatic carbocycles. The zero-order valence-corrected chi connectivity index (χ0v) is 10.5. The van der Waals surface area contributed by atoms with Crippen LogP contribution >= 0.6 is 11.6 Å². The average molecular weight is 258 g/mol. The average Bonchev–Trinajstić information content (AvgIpc) is 2.74. The highest BCUT2D eigenvalue weighted by Gasteiger charge is 2.18. The quantitative estimate of drug-likeness (QED) is 0.196. The van der Waals surface area contributed by atoms with Crippen molar-refractivity contribution in [3.63, 3.8) is 0 Å². The van der Waals surface area contributed by atoms with Gasteiger partial charge in [0, 0.05) is 26.1 Å². The summed E-state index contributed by atoms with van der Waals surface area (Å²) in [5.74, 6) is 0.525. The van der Waals surface area contributed by atoms with E-state index in [4.69, 9.17) is 11.6 Å². The monoisotopic (exact) mass is 257 g/mol. The van der Waals surface area contributed by atoms with Gasteiger partial charge in [0.05, 0.1) is 5.29 Å². The van der Waals surface area contributed by atoms with Crippen molar-refractivity contribution in [2.75, 3.05) is 19.6 Å². The number of aliphatic imine (C=N–C) groups is 1. The van der Waals surface area contributed by atoms with E-state index in [1.165, 1.54) is 0 Å². The molecule has 7 heteroatoms. The number of rotatable bonds is 6. The topological polar surface area (TPSA) is 69.4 Å². The van der Waals surface area contributed by atoms with Crippen LogP contribution in [0.25, 0.3) is 0 Å². The summed E-state index contributed by atoms with van der Waals surface area (Å²) >= 11 is 5.82. The van der Waals surface area contributed by atoms with Crippen molar-refractivity contribution in [1.82, 2.24) is 10.2 Å². The fourth-order valence-electron chi connectivity index (χ4n) is 1.55. The molecular weight excluding hydrogens is 242 g/mol. The summed E-state index contributed by atoms with van der Waals surface area (Å²) in [7, 11) is 0. The van der Waals surface area contributed by atoms with Crippen LogP contribution in [0.1, 0.15) is 13.3 Å². The first kappa shape index (κ1) is 13.6. The summed E-state index contributed by atoms with van der Waals surface area (Å²) < 4.78 is 0. The number of nitroso groups, excluding NO2 is 1. The Hall–Kier alpha value is -1.43. The Kier molecular flexibility index (Phi) is 5.62. The minimum atomic E-state index is -0.286. The third kappa shape index (κ3) is 4.52. The number of guanidine groups is 1. The molecule has 1 heterocycles. The fraction of sp³-hybridized carbons (Fsp3) is 0.600. The molecule has 0 amide bonds. The van der Waals surface area contributed by atoms with Gasteiger partial charge in [-0.25, -0.2) is 0 Å². The molecule has 1 aliphatic rings. The van der Waals surface area contributed by atoms with Crippen molar-refractivity contribution in [2.24, 2.45) is 15.4 Å². The highest BCUT2D eigenvalue weighted by atomic mass is 35.5. The van der Waals surface area contributed by atoms with Gasteiger partial charge >= 0.3 is 0 Å². The van der Waals surface area contributed by atoms with Gasteiger partial charge in [0.25, 0.3) is 0 Å². The first-order valence-electron chi connectivity index (χ1n) is 5.32. The number of halogens is 1. The van der Waals surface area contributed by atoms with Crippen molar-refractivity contribution in [3.8, 4) is 0 Å². The Morgan fingerprint density at radius 1 is 1.76 bits per heavy atom. The van der Waals surface area contributed by atoms with E-state index >= 15 is 0 Å². The van der Waals surface area contributed by atoms with Crippen LogP contribution in [-0.4, -0.2) is 42.7 Å². The second kappa shape index (κ2) is 7.01. The molecule has 1 saturated heterocycles. The van der Waals surface area contributed by atoms with Gasteiger partial charge in [-0.15, -0.1) is 4.91 Å². The third-order valence-corrected chi connectivity index (χ3v) is 2.72. The first-order chi connectivity index (χ1) is 8.17. The SMILES string of the molecule is C=NC(Cl)C/C=C(\C)CN1CCN/C1=N\N=O. The zero-order chi connectivity index (χ0) is 12.7. The van der Waals surface area contributed by atoms with E-state index in [0.717, 1.165) is 18.7 Å². The molecule has 94 valence electrons. The molecule has 0 aromatic heterocycles. The maximum atomic E-state index is 10.1. The Bertz CT molecular complexity index is 342. The molecule has 0 saturated carbocycles. The first-order valence-corrected chi connectivity index (χ1v) is 5.75. The minimum Gasteiger partial charge on any atom is -0.353 e. The van der Waals surface area contributed by atoms with E-state index in [1.807, 2.05) is 17.9 Å². The molecule has 0 bridgehead atoms. The largest absolute Gasteiger partial charge is 0.353 e. The molecule has 1 aliphatic heterocycles. The van der Waals surface area contributed by atoms with Crippen molar-refractivity contribution >= 4 is 24.3 Å². The minimum absolute atomic E-state index is 0.286. The molecule has 1 N–H and O–H groups in total. The van der Waals surface area contributed by atoms with Crippen molar-refractivity contribution in [1.29, 1.82) is 0 Å². The van der Waals surface area contributed by atoms with Gasteiger partial charge in [-0.1, -0.05) is 28.4 Å². The van der Waals surface area contributed by atoms with Crippen LogP contribution in [0.3, 0.4) is 0 Å². The van der Waals surface area contributed by atoms with E-state index in [2.05, 4.69) is 27.4 Å². The van der Waals surface area contributed by atoms with Gasteiger partial charge < -0.3 is 10.2 Å². The second-order valence-corrected chi connectivity index (χ2v) is 4.26. The molecule has 0 aromatic rings. The normalized spacial score (nSPS) is 20.2. The van der Waals surface area contributed by atoms with Crippen LogP contribution in [0.15, 0.2) is 27.0 Å². The van der Waals surface area contributed by atoms with Gasteiger partial charge in [0.1, 0.15) is 5.50 Å². The molecule has 0 spiro atoms. The number of nitrogens with zero attached hydrogens (tertiary/aromatic N) is 4. The van der Waals surface area contributed by atoms with Crippen molar-refractivity contribution in [3.05, 3.63) is 16.6 Å². The van der Waals surface area contributed by atoms with Crippen molar-refractivity contribution < 1.29 is 0 Å². The summed E-state index contributed by atoms with van der Waals surface area (Å²) in [6, 6.07) is 0. The van der Waals surface area contributed by atoms with Gasteiger partial charge in [-0.05, 0) is 13.6 Å². The van der Waals surface area contributed by atoms with Gasteiger partial charge in [-0.3, -0.25) is 4.99 Å². The molecule has 1 atom stereocenters. The smallest absolute Gasteiger partial charge is 0.222 e. The third-order valence-electron chi connectivity index (χ3n) is 2.40. The summed E-state index contributed by atoms with van der Waals surface area (Å²) in [5, 5.41) is 9.01. The molecular formula is C10H16ClN5O. The summed E-state index contributed by atoms with van der Waals surface area (Å²) in [6.07, 6.45) is 2.66. The van der Waals surface area contributed by atoms with Crippen LogP contribution in [0.5, 0.6) is 0 Å². The lowest BCUT2D eigenvalue weighted by Gasteiger charge is -2.16. The maximum Gasteiger partial charge on any atom is 0.222 e. The maximum absolute atomic E-state index is 10.1. The standard InChI is InChI=1S/C10H16ClN5O/c1-8(3-4-9(11)12-2)7-16-6-5-13-10(16)14-15-17/h3,9H,2,4-7H2,1H3,(H,13,14,17)/b8-3+. The Morgan fingerprint density at radius 3 is 3.18 bits per heavy atom. The summed E-state index contributed by atoms with van der Waals surface area (Å²) in [4.78, 5) is 15.7. The van der Waals surface area contributed by atoms with E-state index in [-0.39, 0.29) is 5.50 Å². The van der Waals surface area contributed by atoms with E-state index in [0.29, 0.717) is 18.9 Å². The number of alkyl halides is 1. The fourth-order valence-corrected chi connectivity index (χ4v) is 1.64. The Labute approximate surface area is 105 Å². The van der Waals surface area contributed by atoms with Crippen LogP contribution in [0.2, 0.25) is 0 Å². The van der Waals surface area contributed by atoms with Gasteiger partial charge in [-0.2, -0.15) is 0 Å². The molecule has 6 nitrogen and oxygen atoms in total. The highest BCUT2D eigenvalue weighted by Crippen LogP contribution is 2.08. The summed E-state index contributed by atoms with van der Waals surface area (Å²) in [6.45, 7) is 7.65. The van der Waals surface area contributed by atoms with Gasteiger partial charge in [0.2, 0.25) is 5.96 Å². The van der Waals surface area contributed by atoms with E-state index in [1.54, 1.807) is 0 Å². The summed E-state index contributed by atoms with van der Waals surface area (Å²) in [5.41, 5.74) is 0.855. The molecule has 1 fully saturated rings. The van der Waals surface area contributed by atoms with Crippen LogP contribution in [-0.2, 0) is 0 Å². The lowest BCUT2D eigenvalue weighted by Crippen LogP contribution is -2.31. The number of nitrogens with one attached hydrogen (secondary N) is 1. The van der Waals surface area contributed by atoms with Crippen LogP contribution < -0.4 is 5.32 Å². The Balaban J connectivity index is 2.50. The lowest BCUT2D eigenvalue weighted by molar-refractivity contribution is 0.498. The lowest BCUT2D eigenvalue weighted by atomic mass is 10.2. The van der Waals surface area contributed by atoms with E-state index < -0.39 is 0 Å². The van der Waals surface area contributed by atoms with Crippen LogP contribution in [0.4, 0.5) is 0 Å². The molecule has 0 aliphatic carbocycles. The van der Waals surface area contributed by atoms with E-state index in [9.17, 15) is 4.91 Å². The Morgan fingerprint density at radius 2 is 2.53 bits per heavy atom. The molecule has 0 radical (unpaired) electrons. The second-order valence-electron chi connectivity index (χ2n) is 3.76. The highest BCUT2D eigenvalue weighted by molar-refractivity contribution is 6.20. The predicted molar refractivity (Wildman–Crippen MR) is 70.4 cm³/mol. The van der Waals surface area contributed by atoms with Crippen molar-refractivity contribution in [2.45, 2.75) is 18.8 Å². The zero-order valence-electron chi connectivity index (χ0n) is 9.77. The molecule has 1 rings (SSSR count).